The summed E-state index contributed by atoms with van der Waals surface area (Å²) in [7, 11) is 1.59. The Morgan fingerprint density at radius 3 is 2.57 bits per heavy atom. The fourth-order valence-corrected chi connectivity index (χ4v) is 4.58. The number of carbonyl (C=O) groups excluding carboxylic acids is 1. The van der Waals surface area contributed by atoms with Crippen LogP contribution in [0.2, 0.25) is 5.02 Å². The summed E-state index contributed by atoms with van der Waals surface area (Å²) < 4.78 is 13.0. The van der Waals surface area contributed by atoms with E-state index in [1.807, 2.05) is 80.6 Å². The Morgan fingerprint density at radius 2 is 1.84 bits per heavy atom. The molecular formula is C28H26ClN5O3. The van der Waals surface area contributed by atoms with Crippen molar-refractivity contribution in [2.24, 2.45) is 0 Å². The zero-order valence-electron chi connectivity index (χ0n) is 20.7. The molecule has 1 aliphatic rings. The van der Waals surface area contributed by atoms with E-state index < -0.39 is 6.04 Å². The standard InChI is InChI=1S/C28H26ClN5O3/c1-4-37-22-15-14-18(16-23(22)36-3)25-24(27(35)31-19-10-6-5-7-11-19)17(2)30-28-32-26(33-34(25)28)20-12-8-9-13-21(20)29/h5-16,25H,4H2,1-3H3,(H,31,35)(H,30,32,33). The van der Waals surface area contributed by atoms with Gasteiger partial charge in [-0.05, 0) is 55.8 Å². The maximum Gasteiger partial charge on any atom is 0.255 e. The van der Waals surface area contributed by atoms with Gasteiger partial charge in [0.2, 0.25) is 5.95 Å². The third-order valence-corrected chi connectivity index (χ3v) is 6.38. The highest BCUT2D eigenvalue weighted by molar-refractivity contribution is 6.33. The SMILES string of the molecule is CCOc1ccc(C2C(C(=O)Nc3ccccc3)=C(C)Nc3nc(-c4ccccc4Cl)nn32)cc1OC. The summed E-state index contributed by atoms with van der Waals surface area (Å²) >= 11 is 6.45. The Bertz CT molecular complexity index is 1480. The molecule has 0 spiro atoms. The van der Waals surface area contributed by atoms with Crippen molar-refractivity contribution >= 4 is 29.1 Å². The summed E-state index contributed by atoms with van der Waals surface area (Å²) in [6, 6.07) is 21.7. The number of para-hydroxylation sites is 1. The molecule has 1 aliphatic heterocycles. The Labute approximate surface area is 219 Å². The molecule has 4 aromatic rings. The molecule has 5 rings (SSSR count). The largest absolute Gasteiger partial charge is 0.493 e. The molecule has 0 saturated heterocycles. The van der Waals surface area contributed by atoms with Crippen molar-refractivity contribution in [1.82, 2.24) is 14.8 Å². The van der Waals surface area contributed by atoms with Gasteiger partial charge >= 0.3 is 0 Å². The Hall–Kier alpha value is -4.30. The van der Waals surface area contributed by atoms with E-state index in [1.165, 1.54) is 0 Å². The van der Waals surface area contributed by atoms with E-state index in [4.69, 9.17) is 31.2 Å². The van der Waals surface area contributed by atoms with Gasteiger partial charge in [-0.15, -0.1) is 5.10 Å². The molecule has 37 heavy (non-hydrogen) atoms. The topological polar surface area (TPSA) is 90.3 Å². The number of halogens is 1. The number of allylic oxidation sites excluding steroid dienone is 1. The number of anilines is 2. The maximum absolute atomic E-state index is 13.7. The number of nitrogens with one attached hydrogen (secondary N) is 2. The average molecular weight is 516 g/mol. The molecule has 0 bridgehead atoms. The first kappa shape index (κ1) is 24.4. The molecule has 9 heteroatoms. The quantitative estimate of drug-likeness (QED) is 0.317. The van der Waals surface area contributed by atoms with Crippen LogP contribution in [0.5, 0.6) is 11.5 Å². The number of methoxy groups -OCH3 is 1. The second-order valence-electron chi connectivity index (χ2n) is 8.41. The van der Waals surface area contributed by atoms with Crippen molar-refractivity contribution in [2.45, 2.75) is 19.9 Å². The highest BCUT2D eigenvalue weighted by atomic mass is 35.5. The predicted molar refractivity (Wildman–Crippen MR) is 144 cm³/mol. The number of benzene rings is 3. The second-order valence-corrected chi connectivity index (χ2v) is 8.82. The van der Waals surface area contributed by atoms with Crippen LogP contribution >= 0.6 is 11.6 Å². The predicted octanol–water partition coefficient (Wildman–Crippen LogP) is 5.93. The summed E-state index contributed by atoms with van der Waals surface area (Å²) in [5.74, 6) is 1.88. The van der Waals surface area contributed by atoms with Gasteiger partial charge in [-0.2, -0.15) is 4.98 Å². The number of ether oxygens (including phenoxy) is 2. The van der Waals surface area contributed by atoms with E-state index in [9.17, 15) is 4.79 Å². The molecule has 1 aromatic heterocycles. The van der Waals surface area contributed by atoms with Gasteiger partial charge in [0, 0.05) is 16.9 Å². The first-order valence-corrected chi connectivity index (χ1v) is 12.2. The first-order chi connectivity index (χ1) is 18.0. The third kappa shape index (κ3) is 4.75. The van der Waals surface area contributed by atoms with Crippen LogP contribution < -0.4 is 20.1 Å². The summed E-state index contributed by atoms with van der Waals surface area (Å²) in [5, 5.41) is 11.6. The molecule has 2 heterocycles. The number of rotatable bonds is 7. The number of hydrogen-bond acceptors (Lipinski definition) is 6. The fourth-order valence-electron chi connectivity index (χ4n) is 4.36. The van der Waals surface area contributed by atoms with Crippen LogP contribution in [0.15, 0.2) is 84.1 Å². The van der Waals surface area contributed by atoms with E-state index in [0.29, 0.717) is 57.4 Å². The monoisotopic (exact) mass is 515 g/mol. The van der Waals surface area contributed by atoms with Crippen LogP contribution in [-0.2, 0) is 4.79 Å². The lowest BCUT2D eigenvalue weighted by Gasteiger charge is -2.29. The lowest BCUT2D eigenvalue weighted by atomic mass is 9.94. The molecule has 8 nitrogen and oxygen atoms in total. The van der Waals surface area contributed by atoms with Gasteiger partial charge < -0.3 is 20.1 Å². The van der Waals surface area contributed by atoms with E-state index in [2.05, 4.69) is 10.6 Å². The normalized spacial score (nSPS) is 14.5. The van der Waals surface area contributed by atoms with Gasteiger partial charge in [0.1, 0.15) is 6.04 Å². The lowest BCUT2D eigenvalue weighted by Crippen LogP contribution is -2.31. The molecule has 188 valence electrons. The van der Waals surface area contributed by atoms with Gasteiger partial charge in [-0.25, -0.2) is 4.68 Å². The summed E-state index contributed by atoms with van der Waals surface area (Å²) in [5.41, 5.74) is 3.34. The molecule has 2 N–H and O–H groups in total. The molecular weight excluding hydrogens is 490 g/mol. The van der Waals surface area contributed by atoms with Crippen LogP contribution in [-0.4, -0.2) is 34.4 Å². The van der Waals surface area contributed by atoms with E-state index in [-0.39, 0.29) is 5.91 Å². The van der Waals surface area contributed by atoms with Crippen LogP contribution in [0.1, 0.15) is 25.5 Å². The van der Waals surface area contributed by atoms with Gasteiger partial charge in [-0.1, -0.05) is 48.0 Å². The molecule has 0 radical (unpaired) electrons. The number of amides is 1. The Balaban J connectivity index is 1.64. The minimum Gasteiger partial charge on any atom is -0.493 e. The van der Waals surface area contributed by atoms with E-state index in [1.54, 1.807) is 17.9 Å². The number of fused-ring (bicyclic) bond motifs is 1. The smallest absolute Gasteiger partial charge is 0.255 e. The molecule has 1 amide bonds. The molecule has 0 fully saturated rings. The van der Waals surface area contributed by atoms with Crippen molar-refractivity contribution in [3.8, 4) is 22.9 Å². The summed E-state index contributed by atoms with van der Waals surface area (Å²) in [6.45, 7) is 4.27. The summed E-state index contributed by atoms with van der Waals surface area (Å²) in [6.07, 6.45) is 0. The van der Waals surface area contributed by atoms with E-state index in [0.717, 1.165) is 5.56 Å². The van der Waals surface area contributed by atoms with Crippen LogP contribution in [0.3, 0.4) is 0 Å². The van der Waals surface area contributed by atoms with Crippen molar-refractivity contribution in [2.75, 3.05) is 24.4 Å². The molecule has 0 saturated carbocycles. The highest BCUT2D eigenvalue weighted by Crippen LogP contribution is 2.40. The van der Waals surface area contributed by atoms with Crippen LogP contribution in [0.4, 0.5) is 11.6 Å². The number of carbonyl (C=O) groups is 1. The number of aromatic nitrogens is 3. The average Bonchev–Trinajstić information content (AvgIpc) is 3.32. The van der Waals surface area contributed by atoms with Crippen LogP contribution in [0.25, 0.3) is 11.4 Å². The lowest BCUT2D eigenvalue weighted by molar-refractivity contribution is -0.113. The number of hydrogen-bond donors (Lipinski definition) is 2. The first-order valence-electron chi connectivity index (χ1n) is 11.9. The van der Waals surface area contributed by atoms with Crippen molar-refractivity contribution < 1.29 is 14.3 Å². The molecule has 1 unspecified atom stereocenters. The van der Waals surface area contributed by atoms with Crippen molar-refractivity contribution in [3.05, 3.63) is 94.7 Å². The van der Waals surface area contributed by atoms with Gasteiger partial charge in [0.25, 0.3) is 5.91 Å². The Morgan fingerprint density at radius 1 is 1.08 bits per heavy atom. The fraction of sp³-hybridized carbons (Fsp3) is 0.179. The minimum absolute atomic E-state index is 0.255. The molecule has 1 atom stereocenters. The highest BCUT2D eigenvalue weighted by Gasteiger charge is 2.35. The van der Waals surface area contributed by atoms with Gasteiger partial charge in [-0.3, -0.25) is 4.79 Å². The van der Waals surface area contributed by atoms with Gasteiger partial charge in [0.05, 0.1) is 24.3 Å². The maximum atomic E-state index is 13.7. The second kappa shape index (κ2) is 10.4. The van der Waals surface area contributed by atoms with Crippen molar-refractivity contribution in [3.63, 3.8) is 0 Å². The zero-order chi connectivity index (χ0) is 25.9. The van der Waals surface area contributed by atoms with Gasteiger partial charge in [0.15, 0.2) is 17.3 Å². The minimum atomic E-state index is -0.590. The number of nitrogens with zero attached hydrogens (tertiary/aromatic N) is 3. The summed E-state index contributed by atoms with van der Waals surface area (Å²) in [4.78, 5) is 18.4. The zero-order valence-corrected chi connectivity index (χ0v) is 21.4. The van der Waals surface area contributed by atoms with Crippen molar-refractivity contribution in [1.29, 1.82) is 0 Å². The molecule has 0 aliphatic carbocycles. The Kier molecular flexibility index (Phi) is 6.83. The molecule has 3 aromatic carbocycles. The third-order valence-electron chi connectivity index (χ3n) is 6.05. The van der Waals surface area contributed by atoms with E-state index >= 15 is 0 Å². The van der Waals surface area contributed by atoms with Crippen LogP contribution in [0, 0.1) is 0 Å².